The first-order valence-corrected chi connectivity index (χ1v) is 8.89. The van der Waals surface area contributed by atoms with Crippen LogP contribution in [0.4, 0.5) is 0 Å². The Hall–Kier alpha value is -2.88. The second kappa shape index (κ2) is 8.67. The molecule has 0 aliphatic rings. The van der Waals surface area contributed by atoms with Crippen molar-refractivity contribution in [3.63, 3.8) is 0 Å². The van der Waals surface area contributed by atoms with E-state index in [9.17, 15) is 14.7 Å². The van der Waals surface area contributed by atoms with Gasteiger partial charge in [-0.15, -0.1) is 0 Å². The molecule has 0 bridgehead atoms. The number of carboxylic acids is 1. The van der Waals surface area contributed by atoms with Gasteiger partial charge in [0.1, 0.15) is 0 Å². The molecule has 0 aromatic heterocycles. The van der Waals surface area contributed by atoms with Gasteiger partial charge in [0.25, 0.3) is 0 Å². The van der Waals surface area contributed by atoms with E-state index in [1.54, 1.807) is 24.3 Å². The summed E-state index contributed by atoms with van der Waals surface area (Å²) in [5.74, 6) is -1.92. The lowest BCUT2D eigenvalue weighted by Gasteiger charge is -2.14. The van der Waals surface area contributed by atoms with Crippen LogP contribution >= 0.6 is 0 Å². The highest BCUT2D eigenvalue weighted by molar-refractivity contribution is 5.89. The molecule has 4 nitrogen and oxygen atoms in total. The molecule has 4 heteroatoms. The van der Waals surface area contributed by atoms with E-state index < -0.39 is 17.9 Å². The number of ether oxygens (including phenoxy) is 1. The number of hydrogen-bond acceptors (Lipinski definition) is 3. The number of carboxylic acid groups (broad SMARTS) is 1. The Kier molecular flexibility index (Phi) is 6.56. The van der Waals surface area contributed by atoms with Crippen molar-refractivity contribution in [1.82, 2.24) is 0 Å². The van der Waals surface area contributed by atoms with E-state index >= 15 is 0 Å². The molecule has 142 valence electrons. The van der Waals surface area contributed by atoms with Crippen LogP contribution in [0.15, 0.2) is 54.6 Å². The third-order valence-electron chi connectivity index (χ3n) is 4.23. The van der Waals surface area contributed by atoms with Gasteiger partial charge in [-0.25, -0.2) is 4.79 Å². The maximum absolute atomic E-state index is 11.8. The first-order valence-electron chi connectivity index (χ1n) is 8.89. The fourth-order valence-corrected chi connectivity index (χ4v) is 2.66. The van der Waals surface area contributed by atoms with Crippen LogP contribution in [0, 0.1) is 5.41 Å². The molecule has 0 fully saturated rings. The molecule has 27 heavy (non-hydrogen) atoms. The van der Waals surface area contributed by atoms with Crippen LogP contribution in [0.25, 0.3) is 6.08 Å². The standard InChI is InChI=1S/C23H26O4/c1-23(2,3)14-13-16-5-9-18(10-6-16)20(21(24)25)15-17-7-11-19(12-8-17)22(26)27-4/h5-14,20H,15H2,1-4H3,(H,24,25)/t20-/m1/s1. The van der Waals surface area contributed by atoms with Crippen molar-refractivity contribution in [2.45, 2.75) is 33.1 Å². The van der Waals surface area contributed by atoms with Crippen LogP contribution in [-0.2, 0) is 16.0 Å². The average molecular weight is 366 g/mol. The first-order chi connectivity index (χ1) is 12.7. The van der Waals surface area contributed by atoms with E-state index in [0.717, 1.165) is 16.7 Å². The highest BCUT2D eigenvalue weighted by Gasteiger charge is 2.20. The number of carbonyl (C=O) groups excluding carboxylic acids is 1. The minimum atomic E-state index is -0.870. The number of allylic oxidation sites excluding steroid dienone is 1. The summed E-state index contributed by atoms with van der Waals surface area (Å²) in [4.78, 5) is 23.3. The van der Waals surface area contributed by atoms with E-state index in [1.807, 2.05) is 30.3 Å². The number of methoxy groups -OCH3 is 1. The molecule has 1 atom stereocenters. The minimum absolute atomic E-state index is 0.0959. The van der Waals surface area contributed by atoms with Gasteiger partial charge in [-0.05, 0) is 40.7 Å². The predicted octanol–water partition coefficient (Wildman–Crippen LogP) is 4.94. The zero-order valence-electron chi connectivity index (χ0n) is 16.2. The Labute approximate surface area is 160 Å². The summed E-state index contributed by atoms with van der Waals surface area (Å²) in [5.41, 5.74) is 3.20. The zero-order valence-corrected chi connectivity index (χ0v) is 16.2. The van der Waals surface area contributed by atoms with E-state index in [4.69, 9.17) is 0 Å². The number of benzene rings is 2. The summed E-state index contributed by atoms with van der Waals surface area (Å²) in [6.45, 7) is 6.39. The Morgan fingerprint density at radius 1 is 1.04 bits per heavy atom. The van der Waals surface area contributed by atoms with Crippen LogP contribution < -0.4 is 0 Å². The van der Waals surface area contributed by atoms with E-state index in [1.165, 1.54) is 7.11 Å². The fraction of sp³-hybridized carbons (Fsp3) is 0.304. The van der Waals surface area contributed by atoms with Crippen LogP contribution in [0.3, 0.4) is 0 Å². The molecule has 0 amide bonds. The average Bonchev–Trinajstić information content (AvgIpc) is 2.64. The quantitative estimate of drug-likeness (QED) is 0.735. The highest BCUT2D eigenvalue weighted by Crippen LogP contribution is 2.24. The van der Waals surface area contributed by atoms with Gasteiger partial charge >= 0.3 is 11.9 Å². The Morgan fingerprint density at radius 2 is 1.63 bits per heavy atom. The van der Waals surface area contributed by atoms with Gasteiger partial charge in [-0.1, -0.05) is 69.3 Å². The molecule has 2 aromatic rings. The second-order valence-corrected chi connectivity index (χ2v) is 7.65. The molecule has 0 unspecified atom stereocenters. The zero-order chi connectivity index (χ0) is 20.0. The summed E-state index contributed by atoms with van der Waals surface area (Å²) in [5, 5.41) is 9.66. The summed E-state index contributed by atoms with van der Waals surface area (Å²) in [6.07, 6.45) is 4.53. The Balaban J connectivity index is 2.16. The lowest BCUT2D eigenvalue weighted by molar-refractivity contribution is -0.138. The third kappa shape index (κ3) is 6.10. The molecule has 0 aliphatic carbocycles. The van der Waals surface area contributed by atoms with E-state index in [0.29, 0.717) is 12.0 Å². The molecule has 0 aliphatic heterocycles. The molecule has 2 aromatic carbocycles. The van der Waals surface area contributed by atoms with Gasteiger partial charge in [-0.2, -0.15) is 0 Å². The molecule has 0 spiro atoms. The van der Waals surface area contributed by atoms with Crippen molar-refractivity contribution in [3.05, 3.63) is 76.9 Å². The topological polar surface area (TPSA) is 63.6 Å². The maximum Gasteiger partial charge on any atom is 0.337 e. The summed E-state index contributed by atoms with van der Waals surface area (Å²) < 4.78 is 4.68. The van der Waals surface area contributed by atoms with Crippen molar-refractivity contribution in [2.75, 3.05) is 7.11 Å². The molecule has 2 rings (SSSR count). The molecular weight excluding hydrogens is 340 g/mol. The van der Waals surface area contributed by atoms with Crippen molar-refractivity contribution in [3.8, 4) is 0 Å². The van der Waals surface area contributed by atoms with Gasteiger partial charge in [0.2, 0.25) is 0 Å². The van der Waals surface area contributed by atoms with E-state index in [-0.39, 0.29) is 5.41 Å². The van der Waals surface area contributed by atoms with E-state index in [2.05, 4.69) is 31.6 Å². The van der Waals surface area contributed by atoms with Gasteiger partial charge in [-0.3, -0.25) is 4.79 Å². The summed E-state index contributed by atoms with van der Waals surface area (Å²) in [6, 6.07) is 14.4. The summed E-state index contributed by atoms with van der Waals surface area (Å²) in [7, 11) is 1.33. The lowest BCUT2D eigenvalue weighted by atomic mass is 9.90. The Morgan fingerprint density at radius 3 is 2.11 bits per heavy atom. The van der Waals surface area contributed by atoms with Crippen LogP contribution in [0.2, 0.25) is 0 Å². The van der Waals surface area contributed by atoms with Crippen molar-refractivity contribution in [2.24, 2.45) is 5.41 Å². The van der Waals surface area contributed by atoms with Gasteiger partial charge in [0, 0.05) is 0 Å². The molecular formula is C23H26O4. The van der Waals surface area contributed by atoms with Gasteiger partial charge in [0.05, 0.1) is 18.6 Å². The number of hydrogen-bond donors (Lipinski definition) is 1. The molecule has 0 radical (unpaired) electrons. The normalized spacial score (nSPS) is 12.7. The highest BCUT2D eigenvalue weighted by atomic mass is 16.5. The largest absolute Gasteiger partial charge is 0.481 e. The van der Waals surface area contributed by atoms with Crippen LogP contribution in [-0.4, -0.2) is 24.2 Å². The number of esters is 1. The Bertz CT molecular complexity index is 809. The predicted molar refractivity (Wildman–Crippen MR) is 107 cm³/mol. The first kappa shape index (κ1) is 20.4. The third-order valence-corrected chi connectivity index (χ3v) is 4.23. The van der Waals surface area contributed by atoms with Crippen LogP contribution in [0.1, 0.15) is 53.7 Å². The summed E-state index contributed by atoms with van der Waals surface area (Å²) >= 11 is 0. The smallest absolute Gasteiger partial charge is 0.337 e. The number of aliphatic carboxylic acids is 1. The molecule has 1 N–H and O–H groups in total. The SMILES string of the molecule is COC(=O)c1ccc(C[C@@H](C(=O)O)c2ccc(C=CC(C)(C)C)cc2)cc1. The minimum Gasteiger partial charge on any atom is -0.481 e. The number of rotatable bonds is 6. The molecule has 0 saturated carbocycles. The fourth-order valence-electron chi connectivity index (χ4n) is 2.66. The van der Waals surface area contributed by atoms with Crippen LogP contribution in [0.5, 0.6) is 0 Å². The van der Waals surface area contributed by atoms with Gasteiger partial charge in [0.15, 0.2) is 0 Å². The number of carbonyl (C=O) groups is 2. The maximum atomic E-state index is 11.8. The van der Waals surface area contributed by atoms with Crippen molar-refractivity contribution < 1.29 is 19.4 Å². The monoisotopic (exact) mass is 366 g/mol. The van der Waals surface area contributed by atoms with Crippen molar-refractivity contribution >= 4 is 18.0 Å². The van der Waals surface area contributed by atoms with Crippen molar-refractivity contribution in [1.29, 1.82) is 0 Å². The molecule has 0 saturated heterocycles. The molecule has 0 heterocycles. The lowest BCUT2D eigenvalue weighted by Crippen LogP contribution is -2.14. The second-order valence-electron chi connectivity index (χ2n) is 7.65. The van der Waals surface area contributed by atoms with Gasteiger partial charge < -0.3 is 9.84 Å².